The molecule has 1 atom stereocenters. The molecule has 20 heavy (non-hydrogen) atoms. The van der Waals surface area contributed by atoms with Gasteiger partial charge >= 0.3 is 0 Å². The quantitative estimate of drug-likeness (QED) is 0.896. The molecule has 0 saturated carbocycles. The van der Waals surface area contributed by atoms with E-state index in [1.807, 2.05) is 0 Å². The van der Waals surface area contributed by atoms with E-state index in [1.165, 1.54) is 28.1 Å². The zero-order valence-electron chi connectivity index (χ0n) is 12.3. The Bertz CT molecular complexity index is 619. The van der Waals surface area contributed by atoms with E-state index in [2.05, 4.69) is 61.2 Å². The maximum atomic E-state index is 5.95. The van der Waals surface area contributed by atoms with Crippen LogP contribution in [0.15, 0.2) is 42.5 Å². The Hall–Kier alpha value is -1.80. The molecule has 2 aromatic rings. The summed E-state index contributed by atoms with van der Waals surface area (Å²) >= 11 is 0. The smallest absolute Gasteiger partial charge is 0.0456 e. The minimum atomic E-state index is 0.587. The number of para-hydroxylation sites is 1. The topological polar surface area (TPSA) is 29.3 Å². The first-order valence-corrected chi connectivity index (χ1v) is 7.34. The van der Waals surface area contributed by atoms with Crippen LogP contribution in [-0.2, 0) is 13.0 Å². The number of rotatable bonds is 2. The van der Waals surface area contributed by atoms with Crippen LogP contribution in [0, 0.1) is 12.8 Å². The molecule has 0 amide bonds. The molecular formula is C18H22N2. The standard InChI is InChI=1S/C18H22N2/c1-13-7-8-18(16(9-13)11-19)20-12-14(2)10-15-5-3-4-6-17(15)20/h3-9,14H,10-12,19H2,1-2H3. The molecule has 0 bridgehead atoms. The van der Waals surface area contributed by atoms with Crippen molar-refractivity contribution >= 4 is 11.4 Å². The summed E-state index contributed by atoms with van der Waals surface area (Å²) in [7, 11) is 0. The molecule has 1 unspecified atom stereocenters. The van der Waals surface area contributed by atoms with Crippen molar-refractivity contribution in [2.45, 2.75) is 26.8 Å². The minimum absolute atomic E-state index is 0.587. The van der Waals surface area contributed by atoms with Gasteiger partial charge in [0.2, 0.25) is 0 Å². The van der Waals surface area contributed by atoms with Crippen LogP contribution in [-0.4, -0.2) is 6.54 Å². The number of nitrogens with two attached hydrogens (primary N) is 1. The van der Waals surface area contributed by atoms with E-state index in [0.29, 0.717) is 12.5 Å². The summed E-state index contributed by atoms with van der Waals surface area (Å²) in [5, 5.41) is 0. The van der Waals surface area contributed by atoms with Gasteiger partial charge in [-0.15, -0.1) is 0 Å². The van der Waals surface area contributed by atoms with Gasteiger partial charge in [-0.2, -0.15) is 0 Å². The van der Waals surface area contributed by atoms with Crippen molar-refractivity contribution in [3.8, 4) is 0 Å². The van der Waals surface area contributed by atoms with Gasteiger partial charge in [0.05, 0.1) is 0 Å². The van der Waals surface area contributed by atoms with Gasteiger partial charge in [-0.25, -0.2) is 0 Å². The van der Waals surface area contributed by atoms with Gasteiger partial charge in [0.25, 0.3) is 0 Å². The Kier molecular flexibility index (Phi) is 3.49. The Morgan fingerprint density at radius 2 is 1.95 bits per heavy atom. The molecule has 0 radical (unpaired) electrons. The first-order valence-electron chi connectivity index (χ1n) is 7.34. The molecule has 1 aliphatic rings. The molecule has 104 valence electrons. The highest BCUT2D eigenvalue weighted by Gasteiger charge is 2.23. The molecule has 2 nitrogen and oxygen atoms in total. The van der Waals surface area contributed by atoms with Crippen molar-refractivity contribution in [3.05, 3.63) is 59.2 Å². The van der Waals surface area contributed by atoms with Crippen LogP contribution >= 0.6 is 0 Å². The highest BCUT2D eigenvalue weighted by molar-refractivity contribution is 5.70. The zero-order chi connectivity index (χ0) is 14.1. The van der Waals surface area contributed by atoms with Crippen molar-refractivity contribution < 1.29 is 0 Å². The van der Waals surface area contributed by atoms with Crippen LogP contribution in [0.1, 0.15) is 23.6 Å². The van der Waals surface area contributed by atoms with Gasteiger partial charge in [-0.1, -0.05) is 42.8 Å². The molecule has 2 aromatic carbocycles. The van der Waals surface area contributed by atoms with E-state index in [0.717, 1.165) is 13.0 Å². The van der Waals surface area contributed by atoms with E-state index in [1.54, 1.807) is 0 Å². The summed E-state index contributed by atoms with van der Waals surface area (Å²) in [5.41, 5.74) is 12.5. The Morgan fingerprint density at radius 3 is 2.75 bits per heavy atom. The van der Waals surface area contributed by atoms with E-state index >= 15 is 0 Å². The largest absolute Gasteiger partial charge is 0.341 e. The normalized spacial score (nSPS) is 17.9. The van der Waals surface area contributed by atoms with E-state index in [4.69, 9.17) is 5.73 Å². The Morgan fingerprint density at radius 1 is 1.15 bits per heavy atom. The van der Waals surface area contributed by atoms with Gasteiger partial charge in [0, 0.05) is 24.5 Å². The van der Waals surface area contributed by atoms with E-state index < -0.39 is 0 Å². The van der Waals surface area contributed by atoms with Crippen molar-refractivity contribution in [1.82, 2.24) is 0 Å². The molecule has 1 aliphatic heterocycles. The molecule has 2 N–H and O–H groups in total. The maximum absolute atomic E-state index is 5.95. The summed E-state index contributed by atoms with van der Waals surface area (Å²) in [5.74, 6) is 0.664. The predicted molar refractivity (Wildman–Crippen MR) is 85.4 cm³/mol. The molecule has 0 saturated heterocycles. The molecule has 0 aliphatic carbocycles. The fraction of sp³-hybridized carbons (Fsp3) is 0.333. The summed E-state index contributed by atoms with van der Waals surface area (Å²) in [6.07, 6.45) is 1.16. The van der Waals surface area contributed by atoms with Crippen LogP contribution in [0.3, 0.4) is 0 Å². The van der Waals surface area contributed by atoms with Crippen LogP contribution in [0.4, 0.5) is 11.4 Å². The number of hydrogen-bond donors (Lipinski definition) is 1. The summed E-state index contributed by atoms with van der Waals surface area (Å²) in [6.45, 7) is 6.09. The number of nitrogens with zero attached hydrogens (tertiary/aromatic N) is 1. The number of anilines is 2. The molecular weight excluding hydrogens is 244 g/mol. The SMILES string of the molecule is Cc1ccc(N2CC(C)Cc3ccccc32)c(CN)c1. The van der Waals surface area contributed by atoms with Gasteiger partial charge in [-0.3, -0.25) is 0 Å². The molecule has 1 heterocycles. The lowest BCUT2D eigenvalue weighted by Crippen LogP contribution is -2.31. The average Bonchev–Trinajstić information content (AvgIpc) is 2.46. The second kappa shape index (κ2) is 5.29. The highest BCUT2D eigenvalue weighted by Crippen LogP contribution is 2.36. The average molecular weight is 266 g/mol. The monoisotopic (exact) mass is 266 g/mol. The van der Waals surface area contributed by atoms with Crippen LogP contribution < -0.4 is 10.6 Å². The third kappa shape index (κ3) is 2.32. The minimum Gasteiger partial charge on any atom is -0.341 e. The molecule has 3 rings (SSSR count). The number of fused-ring (bicyclic) bond motifs is 1. The lowest BCUT2D eigenvalue weighted by molar-refractivity contribution is 0.561. The fourth-order valence-electron chi connectivity index (χ4n) is 3.17. The Balaban J connectivity index is 2.10. The molecule has 2 heteroatoms. The fourth-order valence-corrected chi connectivity index (χ4v) is 3.17. The Labute approximate surface area is 121 Å². The van der Waals surface area contributed by atoms with Crippen LogP contribution in [0.25, 0.3) is 0 Å². The van der Waals surface area contributed by atoms with Crippen LogP contribution in [0.2, 0.25) is 0 Å². The summed E-state index contributed by atoms with van der Waals surface area (Å²) in [4.78, 5) is 2.44. The third-order valence-electron chi connectivity index (χ3n) is 4.09. The lowest BCUT2D eigenvalue weighted by atomic mass is 9.92. The van der Waals surface area contributed by atoms with Gasteiger partial charge in [-0.05, 0) is 42.5 Å². The molecule has 0 spiro atoms. The van der Waals surface area contributed by atoms with Gasteiger partial charge in [0.15, 0.2) is 0 Å². The van der Waals surface area contributed by atoms with Crippen molar-refractivity contribution in [2.24, 2.45) is 11.7 Å². The first kappa shape index (κ1) is 13.2. The number of benzene rings is 2. The van der Waals surface area contributed by atoms with Gasteiger partial charge < -0.3 is 10.6 Å². The third-order valence-corrected chi connectivity index (χ3v) is 4.09. The van der Waals surface area contributed by atoms with E-state index in [-0.39, 0.29) is 0 Å². The lowest BCUT2D eigenvalue weighted by Gasteiger charge is -2.36. The van der Waals surface area contributed by atoms with Crippen molar-refractivity contribution in [3.63, 3.8) is 0 Å². The van der Waals surface area contributed by atoms with Crippen LogP contribution in [0.5, 0.6) is 0 Å². The zero-order valence-corrected chi connectivity index (χ0v) is 12.3. The first-order chi connectivity index (χ1) is 9.69. The van der Waals surface area contributed by atoms with E-state index in [9.17, 15) is 0 Å². The predicted octanol–water partition coefficient (Wildman–Crippen LogP) is 3.78. The summed E-state index contributed by atoms with van der Waals surface area (Å²) < 4.78 is 0. The number of aryl methyl sites for hydroxylation is 1. The molecule has 0 fully saturated rings. The highest BCUT2D eigenvalue weighted by atomic mass is 15.1. The van der Waals surface area contributed by atoms with Crippen molar-refractivity contribution in [1.29, 1.82) is 0 Å². The molecule has 0 aromatic heterocycles. The second-order valence-corrected chi connectivity index (χ2v) is 5.88. The number of hydrogen-bond acceptors (Lipinski definition) is 2. The van der Waals surface area contributed by atoms with Gasteiger partial charge in [0.1, 0.15) is 0 Å². The summed E-state index contributed by atoms with van der Waals surface area (Å²) in [6, 6.07) is 15.3. The second-order valence-electron chi connectivity index (χ2n) is 5.88. The maximum Gasteiger partial charge on any atom is 0.0456 e. The van der Waals surface area contributed by atoms with Crippen molar-refractivity contribution in [2.75, 3.05) is 11.4 Å².